The third-order valence-electron chi connectivity index (χ3n) is 2.88. The largest absolute Gasteiger partial charge is 0.497 e. The number of ether oxygens (including phenoxy) is 3. The van der Waals surface area contributed by atoms with Crippen LogP contribution in [0.15, 0.2) is 18.2 Å². The van der Waals surface area contributed by atoms with Gasteiger partial charge in [0.15, 0.2) is 0 Å². The number of hydrogen-bond acceptors (Lipinski definition) is 5. The molecule has 0 amide bonds. The van der Waals surface area contributed by atoms with E-state index in [1.807, 2.05) is 13.0 Å². The number of carbonyl (C=O) groups excluding carboxylic acids is 1. The summed E-state index contributed by atoms with van der Waals surface area (Å²) in [4.78, 5) is 11.9. The fraction of sp³-hybridized carbons (Fsp3) is 0.533. The van der Waals surface area contributed by atoms with Crippen LogP contribution in [0.3, 0.4) is 0 Å². The van der Waals surface area contributed by atoms with Crippen molar-refractivity contribution >= 4 is 11.7 Å². The van der Waals surface area contributed by atoms with E-state index in [-0.39, 0.29) is 12.0 Å². The summed E-state index contributed by atoms with van der Waals surface area (Å²) in [5.41, 5.74) is 0.721. The molecule has 0 aliphatic heterocycles. The molecule has 5 heteroatoms. The maximum Gasteiger partial charge on any atom is 0.328 e. The van der Waals surface area contributed by atoms with E-state index in [1.54, 1.807) is 33.3 Å². The minimum atomic E-state index is -0.388. The lowest BCUT2D eigenvalue weighted by atomic mass is 10.1. The molecule has 20 heavy (non-hydrogen) atoms. The van der Waals surface area contributed by atoms with Crippen molar-refractivity contribution in [2.45, 2.75) is 32.7 Å². The molecule has 0 spiro atoms. The van der Waals surface area contributed by atoms with Crippen molar-refractivity contribution < 1.29 is 19.0 Å². The van der Waals surface area contributed by atoms with Crippen LogP contribution in [0, 0.1) is 0 Å². The molecule has 0 bridgehead atoms. The molecule has 1 aromatic carbocycles. The third-order valence-corrected chi connectivity index (χ3v) is 2.88. The molecule has 0 radical (unpaired) electrons. The Morgan fingerprint density at radius 3 is 2.55 bits per heavy atom. The van der Waals surface area contributed by atoms with Gasteiger partial charge in [0.05, 0.1) is 26.5 Å². The van der Waals surface area contributed by atoms with Crippen molar-refractivity contribution in [2.75, 3.05) is 26.1 Å². The van der Waals surface area contributed by atoms with Crippen LogP contribution in [-0.4, -0.2) is 32.8 Å². The van der Waals surface area contributed by atoms with Gasteiger partial charge in [0.2, 0.25) is 0 Å². The van der Waals surface area contributed by atoms with Crippen molar-refractivity contribution in [2.24, 2.45) is 0 Å². The summed E-state index contributed by atoms with van der Waals surface area (Å²) in [6.45, 7) is 4.19. The van der Waals surface area contributed by atoms with Crippen LogP contribution < -0.4 is 14.8 Å². The second kappa shape index (κ2) is 8.30. The van der Waals surface area contributed by atoms with Gasteiger partial charge in [0, 0.05) is 6.07 Å². The van der Waals surface area contributed by atoms with Crippen LogP contribution in [0.2, 0.25) is 0 Å². The minimum Gasteiger partial charge on any atom is -0.497 e. The Morgan fingerprint density at radius 1 is 1.25 bits per heavy atom. The molecule has 1 unspecified atom stereocenters. The summed E-state index contributed by atoms with van der Waals surface area (Å²) in [6, 6.07) is 5.03. The number of hydrogen-bond donors (Lipinski definition) is 1. The SMILES string of the molecule is CCCC(Nc1cc(OC)ccc1OC)C(=O)OCC. The Hall–Kier alpha value is -1.91. The van der Waals surface area contributed by atoms with Crippen molar-refractivity contribution in [1.29, 1.82) is 0 Å². The number of esters is 1. The van der Waals surface area contributed by atoms with Gasteiger partial charge in [-0.3, -0.25) is 0 Å². The van der Waals surface area contributed by atoms with Gasteiger partial charge in [-0.2, -0.15) is 0 Å². The highest BCUT2D eigenvalue weighted by atomic mass is 16.5. The average Bonchev–Trinajstić information content (AvgIpc) is 2.46. The van der Waals surface area contributed by atoms with Gasteiger partial charge in [-0.25, -0.2) is 4.79 Å². The first-order chi connectivity index (χ1) is 9.65. The second-order valence-corrected chi connectivity index (χ2v) is 4.30. The Labute approximate surface area is 120 Å². The van der Waals surface area contributed by atoms with Gasteiger partial charge in [0.1, 0.15) is 17.5 Å². The zero-order valence-corrected chi connectivity index (χ0v) is 12.6. The quantitative estimate of drug-likeness (QED) is 0.743. The van der Waals surface area contributed by atoms with Gasteiger partial charge in [-0.15, -0.1) is 0 Å². The predicted molar refractivity (Wildman–Crippen MR) is 78.5 cm³/mol. The highest BCUT2D eigenvalue weighted by Crippen LogP contribution is 2.30. The molecule has 0 fully saturated rings. The summed E-state index contributed by atoms with van der Waals surface area (Å²) in [6.07, 6.45) is 1.57. The van der Waals surface area contributed by atoms with Crippen molar-refractivity contribution in [3.63, 3.8) is 0 Å². The van der Waals surface area contributed by atoms with E-state index in [4.69, 9.17) is 14.2 Å². The van der Waals surface area contributed by atoms with Gasteiger partial charge < -0.3 is 19.5 Å². The van der Waals surface area contributed by atoms with Gasteiger partial charge in [0.25, 0.3) is 0 Å². The monoisotopic (exact) mass is 281 g/mol. The number of rotatable bonds is 8. The van der Waals surface area contributed by atoms with E-state index in [9.17, 15) is 4.79 Å². The fourth-order valence-corrected chi connectivity index (χ4v) is 1.90. The maximum atomic E-state index is 11.9. The number of benzene rings is 1. The second-order valence-electron chi connectivity index (χ2n) is 4.30. The molecule has 0 saturated heterocycles. The molecule has 0 aliphatic rings. The predicted octanol–water partition coefficient (Wildman–Crippen LogP) is 2.85. The Balaban J connectivity index is 2.93. The van der Waals surface area contributed by atoms with Crippen molar-refractivity contribution in [1.82, 2.24) is 0 Å². The topological polar surface area (TPSA) is 56.8 Å². The van der Waals surface area contributed by atoms with Crippen LogP contribution in [0.25, 0.3) is 0 Å². The first-order valence-corrected chi connectivity index (χ1v) is 6.81. The Bertz CT molecular complexity index is 434. The number of nitrogens with one attached hydrogen (secondary N) is 1. The fourth-order valence-electron chi connectivity index (χ4n) is 1.90. The summed E-state index contributed by atoms with van der Waals surface area (Å²) in [7, 11) is 3.19. The first kappa shape index (κ1) is 16.1. The zero-order valence-electron chi connectivity index (χ0n) is 12.6. The molecule has 1 rings (SSSR count). The molecule has 5 nitrogen and oxygen atoms in total. The smallest absolute Gasteiger partial charge is 0.328 e. The minimum absolute atomic E-state index is 0.251. The average molecular weight is 281 g/mol. The number of anilines is 1. The molecule has 112 valence electrons. The van der Waals surface area contributed by atoms with Crippen LogP contribution >= 0.6 is 0 Å². The van der Waals surface area contributed by atoms with Gasteiger partial charge >= 0.3 is 5.97 Å². The molecule has 0 heterocycles. The highest BCUT2D eigenvalue weighted by Gasteiger charge is 2.20. The maximum absolute atomic E-state index is 11.9. The van der Waals surface area contributed by atoms with Gasteiger partial charge in [-0.1, -0.05) is 13.3 Å². The van der Waals surface area contributed by atoms with Crippen molar-refractivity contribution in [3.05, 3.63) is 18.2 Å². The third kappa shape index (κ3) is 4.33. The summed E-state index contributed by atoms with van der Waals surface area (Å²) < 4.78 is 15.6. The normalized spacial score (nSPS) is 11.6. The first-order valence-electron chi connectivity index (χ1n) is 6.81. The molecule has 1 N–H and O–H groups in total. The molecule has 0 aliphatic carbocycles. The highest BCUT2D eigenvalue weighted by molar-refractivity contribution is 5.80. The summed E-state index contributed by atoms with van der Waals surface area (Å²) in [5, 5.41) is 3.18. The molecule has 1 aromatic rings. The lowest BCUT2D eigenvalue weighted by Crippen LogP contribution is -2.31. The number of carbonyl (C=O) groups is 1. The van der Waals surface area contributed by atoms with Crippen LogP contribution in [0.5, 0.6) is 11.5 Å². The molecule has 0 aromatic heterocycles. The zero-order chi connectivity index (χ0) is 15.0. The van der Waals surface area contributed by atoms with E-state index >= 15 is 0 Å². The van der Waals surface area contributed by atoms with E-state index < -0.39 is 0 Å². The summed E-state index contributed by atoms with van der Waals surface area (Å²) >= 11 is 0. The Kier molecular flexibility index (Phi) is 6.70. The number of methoxy groups -OCH3 is 2. The molecule has 0 saturated carbocycles. The molecule has 1 atom stereocenters. The van der Waals surface area contributed by atoms with Crippen LogP contribution in [0.4, 0.5) is 5.69 Å². The van der Waals surface area contributed by atoms with Gasteiger partial charge in [-0.05, 0) is 25.5 Å². The Morgan fingerprint density at radius 2 is 2.00 bits per heavy atom. The van der Waals surface area contributed by atoms with E-state index in [2.05, 4.69) is 5.32 Å². The molecular weight excluding hydrogens is 258 g/mol. The van der Waals surface area contributed by atoms with E-state index in [0.717, 1.165) is 12.1 Å². The van der Waals surface area contributed by atoms with Crippen LogP contribution in [-0.2, 0) is 9.53 Å². The van der Waals surface area contributed by atoms with Crippen molar-refractivity contribution in [3.8, 4) is 11.5 Å². The standard InChI is InChI=1S/C15H23NO4/c1-5-7-12(15(17)20-6-2)16-13-10-11(18-3)8-9-14(13)19-4/h8-10,12,16H,5-7H2,1-4H3. The van der Waals surface area contributed by atoms with E-state index in [1.165, 1.54) is 0 Å². The lowest BCUT2D eigenvalue weighted by Gasteiger charge is -2.20. The van der Waals surface area contributed by atoms with E-state index in [0.29, 0.717) is 24.5 Å². The lowest BCUT2D eigenvalue weighted by molar-refractivity contribution is -0.144. The molecular formula is C15H23NO4. The summed E-state index contributed by atoms with van der Waals surface area (Å²) in [5.74, 6) is 1.11. The van der Waals surface area contributed by atoms with Crippen LogP contribution in [0.1, 0.15) is 26.7 Å².